The smallest absolute Gasteiger partial charge is 0.306 e. The maximum atomic E-state index is 12.6. The predicted molar refractivity (Wildman–Crippen MR) is 215 cm³/mol. The van der Waals surface area contributed by atoms with Crippen LogP contribution in [0.1, 0.15) is 252 Å². The van der Waals surface area contributed by atoms with Crippen LogP contribution in [0.25, 0.3) is 0 Å². The molecule has 0 spiro atoms. The van der Waals surface area contributed by atoms with Gasteiger partial charge < -0.3 is 14.2 Å². The predicted octanol–water partition coefficient (Wildman–Crippen LogP) is 14.6. The van der Waals surface area contributed by atoms with Crippen LogP contribution < -0.4 is 0 Å². The number of esters is 2. The minimum Gasteiger partial charge on any atom is -0.462 e. The summed E-state index contributed by atoms with van der Waals surface area (Å²) in [5.41, 5.74) is 0. The van der Waals surface area contributed by atoms with Crippen molar-refractivity contribution in [1.29, 1.82) is 0 Å². The summed E-state index contributed by atoms with van der Waals surface area (Å²) in [5.74, 6) is -0.384. The van der Waals surface area contributed by atoms with E-state index in [1.807, 2.05) is 0 Å². The van der Waals surface area contributed by atoms with E-state index in [0.29, 0.717) is 26.1 Å². The van der Waals surface area contributed by atoms with Crippen LogP contribution in [0.3, 0.4) is 0 Å². The van der Waals surface area contributed by atoms with Crippen LogP contribution in [-0.4, -0.2) is 37.9 Å². The minimum absolute atomic E-state index is 0.0960. The zero-order chi connectivity index (χ0) is 36.4. The second-order valence-corrected chi connectivity index (χ2v) is 15.3. The molecule has 0 aromatic carbocycles. The molecule has 0 aliphatic heterocycles. The van der Waals surface area contributed by atoms with E-state index in [1.54, 1.807) is 0 Å². The van der Waals surface area contributed by atoms with Crippen molar-refractivity contribution in [3.8, 4) is 0 Å². The van der Waals surface area contributed by atoms with Gasteiger partial charge >= 0.3 is 11.9 Å². The zero-order valence-electron chi connectivity index (χ0n) is 34.2. The highest BCUT2D eigenvalue weighted by Gasteiger charge is 2.17. The molecule has 0 saturated carbocycles. The van der Waals surface area contributed by atoms with Gasteiger partial charge in [-0.1, -0.05) is 220 Å². The monoisotopic (exact) mass is 709 g/mol. The van der Waals surface area contributed by atoms with E-state index in [-0.39, 0.29) is 18.5 Å². The lowest BCUT2D eigenvalue weighted by Gasteiger charge is -2.18. The molecule has 0 rings (SSSR count). The summed E-state index contributed by atoms with van der Waals surface area (Å²) < 4.78 is 17.3. The standard InChI is InChI=1S/C45H88O5/c1-4-7-10-13-16-18-20-22-23-24-25-27-30-32-35-38-44(46)49-42-43(50-45(47)39-36-33-29-15-12-9-6-3)41-48-40-37-34-31-28-26-21-19-17-14-11-8-5-2/h43H,4-42H2,1-3H3. The average molecular weight is 709 g/mol. The van der Waals surface area contributed by atoms with Gasteiger partial charge in [0.1, 0.15) is 6.61 Å². The number of ether oxygens (including phenoxy) is 3. The molecule has 0 radical (unpaired) electrons. The maximum absolute atomic E-state index is 12.6. The number of hydrogen-bond donors (Lipinski definition) is 0. The molecule has 0 heterocycles. The van der Waals surface area contributed by atoms with Crippen molar-refractivity contribution in [3.63, 3.8) is 0 Å². The molecule has 0 fully saturated rings. The molecule has 0 aliphatic rings. The Labute approximate surface area is 312 Å². The molecule has 5 heteroatoms. The highest BCUT2D eigenvalue weighted by atomic mass is 16.6. The topological polar surface area (TPSA) is 61.8 Å². The number of hydrogen-bond acceptors (Lipinski definition) is 5. The number of unbranched alkanes of at least 4 members (excludes halogenated alkanes) is 31. The third-order valence-electron chi connectivity index (χ3n) is 10.1. The van der Waals surface area contributed by atoms with Crippen LogP contribution in [0.2, 0.25) is 0 Å². The van der Waals surface area contributed by atoms with Crippen molar-refractivity contribution in [3.05, 3.63) is 0 Å². The van der Waals surface area contributed by atoms with Crippen LogP contribution in [0, 0.1) is 0 Å². The molecule has 0 amide bonds. The van der Waals surface area contributed by atoms with Crippen LogP contribution in [0.5, 0.6) is 0 Å². The van der Waals surface area contributed by atoms with Crippen LogP contribution in [-0.2, 0) is 23.8 Å². The lowest BCUT2D eigenvalue weighted by molar-refractivity contribution is -0.163. The summed E-state index contributed by atoms with van der Waals surface area (Å²) in [6.45, 7) is 7.84. The fraction of sp³-hybridized carbons (Fsp3) is 0.956. The van der Waals surface area contributed by atoms with Crippen LogP contribution in [0.15, 0.2) is 0 Å². The van der Waals surface area contributed by atoms with E-state index in [9.17, 15) is 9.59 Å². The van der Waals surface area contributed by atoms with Crippen molar-refractivity contribution in [2.45, 2.75) is 258 Å². The first-order chi connectivity index (χ1) is 24.6. The Morgan fingerprint density at radius 1 is 0.360 bits per heavy atom. The van der Waals surface area contributed by atoms with Gasteiger partial charge in [0, 0.05) is 19.4 Å². The summed E-state index contributed by atoms with van der Waals surface area (Å²) in [4.78, 5) is 25.1. The van der Waals surface area contributed by atoms with Gasteiger partial charge in [-0.15, -0.1) is 0 Å². The van der Waals surface area contributed by atoms with Gasteiger partial charge in [0.2, 0.25) is 0 Å². The fourth-order valence-electron chi connectivity index (χ4n) is 6.75. The van der Waals surface area contributed by atoms with Crippen molar-refractivity contribution in [2.75, 3.05) is 19.8 Å². The van der Waals surface area contributed by atoms with Gasteiger partial charge in [0.15, 0.2) is 6.10 Å². The van der Waals surface area contributed by atoms with Gasteiger partial charge in [-0.25, -0.2) is 0 Å². The molecule has 50 heavy (non-hydrogen) atoms. The quantitative estimate of drug-likeness (QED) is 0.0466. The first kappa shape index (κ1) is 48.9. The minimum atomic E-state index is -0.519. The van der Waals surface area contributed by atoms with Gasteiger partial charge in [-0.05, 0) is 19.3 Å². The largest absolute Gasteiger partial charge is 0.462 e. The van der Waals surface area contributed by atoms with E-state index in [2.05, 4.69) is 20.8 Å². The van der Waals surface area contributed by atoms with Crippen molar-refractivity contribution in [2.24, 2.45) is 0 Å². The summed E-state index contributed by atoms with van der Waals surface area (Å²) in [6.07, 6.45) is 43.9. The molecule has 298 valence electrons. The van der Waals surface area contributed by atoms with E-state index >= 15 is 0 Å². The Bertz CT molecular complexity index is 680. The molecule has 0 aromatic rings. The van der Waals surface area contributed by atoms with Gasteiger partial charge in [0.05, 0.1) is 6.61 Å². The van der Waals surface area contributed by atoms with Crippen molar-refractivity contribution < 1.29 is 23.8 Å². The lowest BCUT2D eigenvalue weighted by Crippen LogP contribution is -2.30. The molecule has 5 nitrogen and oxygen atoms in total. The zero-order valence-corrected chi connectivity index (χ0v) is 34.2. The number of carbonyl (C=O) groups is 2. The summed E-state index contributed by atoms with van der Waals surface area (Å²) >= 11 is 0. The summed E-state index contributed by atoms with van der Waals surface area (Å²) in [6, 6.07) is 0. The van der Waals surface area contributed by atoms with Crippen molar-refractivity contribution in [1.82, 2.24) is 0 Å². The van der Waals surface area contributed by atoms with Crippen LogP contribution >= 0.6 is 0 Å². The number of carbonyl (C=O) groups excluding carboxylic acids is 2. The molecule has 0 aromatic heterocycles. The molecular weight excluding hydrogens is 620 g/mol. The van der Waals surface area contributed by atoms with Gasteiger partial charge in [0.25, 0.3) is 0 Å². The Kier molecular flexibility index (Phi) is 41.4. The molecule has 0 bridgehead atoms. The van der Waals surface area contributed by atoms with Crippen LogP contribution in [0.4, 0.5) is 0 Å². The Balaban J connectivity index is 4.09. The molecule has 0 N–H and O–H groups in total. The van der Waals surface area contributed by atoms with E-state index in [4.69, 9.17) is 14.2 Å². The highest BCUT2D eigenvalue weighted by molar-refractivity contribution is 5.70. The first-order valence-electron chi connectivity index (χ1n) is 22.6. The molecular formula is C45H88O5. The van der Waals surface area contributed by atoms with E-state index in [1.165, 1.54) is 186 Å². The van der Waals surface area contributed by atoms with Gasteiger partial charge in [-0.3, -0.25) is 9.59 Å². The normalized spacial score (nSPS) is 12.0. The molecule has 1 atom stereocenters. The Morgan fingerprint density at radius 2 is 0.660 bits per heavy atom. The molecule has 0 saturated heterocycles. The van der Waals surface area contributed by atoms with Crippen molar-refractivity contribution >= 4 is 11.9 Å². The Morgan fingerprint density at radius 3 is 1.02 bits per heavy atom. The summed E-state index contributed by atoms with van der Waals surface area (Å²) in [7, 11) is 0. The van der Waals surface area contributed by atoms with E-state index < -0.39 is 6.10 Å². The number of rotatable bonds is 42. The third kappa shape index (κ3) is 39.7. The second-order valence-electron chi connectivity index (χ2n) is 15.3. The Hall–Kier alpha value is -1.10. The van der Waals surface area contributed by atoms with E-state index in [0.717, 1.165) is 32.1 Å². The maximum Gasteiger partial charge on any atom is 0.306 e. The fourth-order valence-corrected chi connectivity index (χ4v) is 6.75. The average Bonchev–Trinajstić information content (AvgIpc) is 3.11. The summed E-state index contributed by atoms with van der Waals surface area (Å²) in [5, 5.41) is 0. The third-order valence-corrected chi connectivity index (χ3v) is 10.1. The SMILES string of the molecule is CCCCCCCCCCCCCCCCCC(=O)OCC(COCCCCCCCCCCCCCC)OC(=O)CCCCCCCCC. The highest BCUT2D eigenvalue weighted by Crippen LogP contribution is 2.15. The molecule has 1 unspecified atom stereocenters. The van der Waals surface area contributed by atoms with Gasteiger partial charge in [-0.2, -0.15) is 0 Å². The first-order valence-corrected chi connectivity index (χ1v) is 22.6. The lowest BCUT2D eigenvalue weighted by atomic mass is 10.0. The molecule has 0 aliphatic carbocycles. The second kappa shape index (κ2) is 42.3.